The van der Waals surface area contributed by atoms with Gasteiger partial charge in [-0.1, -0.05) is 43.3 Å². The first-order chi connectivity index (χ1) is 11.5. The molecule has 2 N–H and O–H groups in total. The number of Topliss-reactive ketones (excluding diaryl/α,β-unsaturated/α-hetero) is 2. The Kier molecular flexibility index (Phi) is 3.30. The molecule has 0 radical (unpaired) electrons. The predicted molar refractivity (Wildman–Crippen MR) is 89.3 cm³/mol. The Morgan fingerprint density at radius 3 is 2.71 bits per heavy atom. The Labute approximate surface area is 140 Å². The summed E-state index contributed by atoms with van der Waals surface area (Å²) in [5.74, 6) is -0.737. The van der Waals surface area contributed by atoms with Crippen LogP contribution < -0.4 is 5.73 Å². The quantitative estimate of drug-likeness (QED) is 0.808. The van der Waals surface area contributed by atoms with Gasteiger partial charge in [-0.15, -0.1) is 0 Å². The second kappa shape index (κ2) is 5.26. The van der Waals surface area contributed by atoms with Crippen LogP contribution in [0.3, 0.4) is 0 Å². The highest BCUT2D eigenvalue weighted by atomic mass is 16.2. The van der Waals surface area contributed by atoms with Gasteiger partial charge >= 0.3 is 0 Å². The smallest absolute Gasteiger partial charge is 0.252 e. The number of ketones is 2. The van der Waals surface area contributed by atoms with E-state index in [2.05, 4.69) is 6.92 Å². The van der Waals surface area contributed by atoms with Crippen LogP contribution in [0.25, 0.3) is 0 Å². The van der Waals surface area contributed by atoms with Crippen molar-refractivity contribution in [1.29, 1.82) is 0 Å². The van der Waals surface area contributed by atoms with E-state index >= 15 is 0 Å². The average molecular weight is 321 g/mol. The molecule has 0 aromatic heterocycles. The molecule has 24 heavy (non-hydrogen) atoms. The summed E-state index contributed by atoms with van der Waals surface area (Å²) in [7, 11) is 0. The number of carbonyl (C=O) groups is 3. The molecule has 4 atom stereocenters. The van der Waals surface area contributed by atoms with Gasteiger partial charge in [0.2, 0.25) is 0 Å². The molecule has 4 unspecified atom stereocenters. The van der Waals surface area contributed by atoms with Gasteiger partial charge in [0.15, 0.2) is 11.6 Å². The van der Waals surface area contributed by atoms with Crippen molar-refractivity contribution in [1.82, 2.24) is 0 Å². The molecule has 4 nitrogen and oxygen atoms in total. The Hall–Kier alpha value is -2.49. The summed E-state index contributed by atoms with van der Waals surface area (Å²) in [5.41, 5.74) is 7.96. The van der Waals surface area contributed by atoms with Crippen molar-refractivity contribution in [3.63, 3.8) is 0 Å². The van der Waals surface area contributed by atoms with E-state index in [-0.39, 0.29) is 34.9 Å². The Morgan fingerprint density at radius 1 is 1.21 bits per heavy atom. The van der Waals surface area contributed by atoms with Gasteiger partial charge in [0.05, 0.1) is 5.57 Å². The van der Waals surface area contributed by atoms with Gasteiger partial charge < -0.3 is 5.73 Å². The molecule has 122 valence electrons. The fourth-order valence-corrected chi connectivity index (χ4v) is 4.55. The maximum absolute atomic E-state index is 12.9. The second-order valence-corrected chi connectivity index (χ2v) is 7.04. The molecule has 0 saturated heterocycles. The number of amides is 1. The normalized spacial score (nSPS) is 31.4. The molecular weight excluding hydrogens is 302 g/mol. The summed E-state index contributed by atoms with van der Waals surface area (Å²) in [6, 6.07) is 7.72. The number of hydrogen-bond acceptors (Lipinski definition) is 3. The standard InChI is InChI=1S/C20H19NO3/c1-10-12-4-2-3-5-13(12)18(22)17-9-16-11(8-15(10)17)6-7-14(19(16)23)20(21)24/h2-5,7,9-11,15-16H,6,8H2,1H3,(H2,21,24). The molecular formula is C20H19NO3. The van der Waals surface area contributed by atoms with Crippen molar-refractivity contribution in [2.75, 3.05) is 0 Å². The molecule has 3 aliphatic carbocycles. The van der Waals surface area contributed by atoms with Gasteiger partial charge in [-0.25, -0.2) is 0 Å². The van der Waals surface area contributed by atoms with E-state index in [4.69, 9.17) is 5.73 Å². The third kappa shape index (κ3) is 2.02. The third-order valence-electron chi connectivity index (χ3n) is 5.84. The summed E-state index contributed by atoms with van der Waals surface area (Å²) in [4.78, 5) is 36.9. The first-order valence-corrected chi connectivity index (χ1v) is 8.38. The summed E-state index contributed by atoms with van der Waals surface area (Å²) in [5, 5.41) is 0. The van der Waals surface area contributed by atoms with E-state index in [9.17, 15) is 14.4 Å². The number of hydrogen-bond donors (Lipinski definition) is 1. The molecule has 0 aliphatic heterocycles. The van der Waals surface area contributed by atoms with Crippen LogP contribution in [0.2, 0.25) is 0 Å². The van der Waals surface area contributed by atoms with Crippen LogP contribution in [0.4, 0.5) is 0 Å². The maximum atomic E-state index is 12.9. The van der Waals surface area contributed by atoms with E-state index in [1.54, 1.807) is 6.08 Å². The van der Waals surface area contributed by atoms with E-state index in [0.717, 1.165) is 23.1 Å². The van der Waals surface area contributed by atoms with Crippen LogP contribution in [0.5, 0.6) is 0 Å². The lowest BCUT2D eigenvalue weighted by atomic mass is 9.61. The van der Waals surface area contributed by atoms with E-state index in [1.807, 2.05) is 30.3 Å². The number of allylic oxidation sites excluding steroid dienone is 3. The van der Waals surface area contributed by atoms with Crippen LogP contribution in [0.1, 0.15) is 41.6 Å². The monoisotopic (exact) mass is 321 g/mol. The van der Waals surface area contributed by atoms with Crippen molar-refractivity contribution in [3.8, 4) is 0 Å². The lowest BCUT2D eigenvalue weighted by Crippen LogP contribution is -2.40. The Balaban J connectivity index is 1.79. The zero-order valence-electron chi connectivity index (χ0n) is 13.5. The molecule has 0 fully saturated rings. The zero-order chi connectivity index (χ0) is 17.0. The van der Waals surface area contributed by atoms with Gasteiger partial charge in [-0.05, 0) is 36.2 Å². The van der Waals surface area contributed by atoms with E-state index < -0.39 is 11.8 Å². The van der Waals surface area contributed by atoms with Crippen molar-refractivity contribution >= 4 is 17.5 Å². The first kappa shape index (κ1) is 15.1. The molecule has 0 spiro atoms. The van der Waals surface area contributed by atoms with Crippen molar-refractivity contribution in [3.05, 3.63) is 58.7 Å². The lowest BCUT2D eigenvalue weighted by molar-refractivity contribution is -0.124. The number of fused-ring (bicyclic) bond motifs is 3. The van der Waals surface area contributed by atoms with Gasteiger partial charge in [0.1, 0.15) is 0 Å². The van der Waals surface area contributed by atoms with Gasteiger partial charge in [-0.3, -0.25) is 14.4 Å². The molecule has 1 aromatic rings. The van der Waals surface area contributed by atoms with Crippen molar-refractivity contribution in [2.45, 2.75) is 25.7 Å². The third-order valence-corrected chi connectivity index (χ3v) is 5.84. The minimum atomic E-state index is -0.673. The fraction of sp³-hybridized carbons (Fsp3) is 0.350. The van der Waals surface area contributed by atoms with E-state index in [1.165, 1.54) is 0 Å². The molecule has 4 heteroatoms. The lowest BCUT2D eigenvalue weighted by Gasteiger charge is -2.41. The van der Waals surface area contributed by atoms with Crippen molar-refractivity contribution < 1.29 is 14.4 Å². The highest BCUT2D eigenvalue weighted by Gasteiger charge is 2.45. The zero-order valence-corrected chi connectivity index (χ0v) is 13.5. The summed E-state index contributed by atoms with van der Waals surface area (Å²) < 4.78 is 0. The summed E-state index contributed by atoms with van der Waals surface area (Å²) in [6.07, 6.45) is 4.96. The number of carbonyl (C=O) groups excluding carboxylic acids is 3. The second-order valence-electron chi connectivity index (χ2n) is 7.04. The van der Waals surface area contributed by atoms with Crippen LogP contribution >= 0.6 is 0 Å². The maximum Gasteiger partial charge on any atom is 0.252 e. The average Bonchev–Trinajstić information content (AvgIpc) is 2.59. The Bertz CT molecular complexity index is 833. The van der Waals surface area contributed by atoms with E-state index in [0.29, 0.717) is 6.42 Å². The number of benzene rings is 1. The summed E-state index contributed by atoms with van der Waals surface area (Å²) in [6.45, 7) is 2.15. The van der Waals surface area contributed by atoms with Gasteiger partial charge in [0.25, 0.3) is 5.91 Å². The van der Waals surface area contributed by atoms with Crippen molar-refractivity contribution in [2.24, 2.45) is 23.5 Å². The molecule has 0 heterocycles. The topological polar surface area (TPSA) is 77.2 Å². The minimum Gasteiger partial charge on any atom is -0.365 e. The first-order valence-electron chi connectivity index (χ1n) is 8.38. The predicted octanol–water partition coefficient (Wildman–Crippen LogP) is 2.55. The van der Waals surface area contributed by atoms with Crippen LogP contribution in [-0.2, 0) is 9.59 Å². The highest BCUT2D eigenvalue weighted by Crippen LogP contribution is 2.49. The molecule has 1 aromatic carbocycles. The fourth-order valence-electron chi connectivity index (χ4n) is 4.55. The highest BCUT2D eigenvalue weighted by molar-refractivity contribution is 6.21. The van der Waals surface area contributed by atoms with Crippen LogP contribution in [-0.4, -0.2) is 17.5 Å². The number of nitrogens with two attached hydrogens (primary N) is 1. The molecule has 0 bridgehead atoms. The van der Waals surface area contributed by atoms with Crippen LogP contribution in [0, 0.1) is 17.8 Å². The molecule has 1 amide bonds. The Morgan fingerprint density at radius 2 is 1.96 bits per heavy atom. The minimum absolute atomic E-state index is 0.0233. The molecule has 3 aliphatic rings. The SMILES string of the molecule is CC1c2ccccc2C(=O)C2=CC3C(=O)C(C(N)=O)=CCC3CC21. The molecule has 0 saturated carbocycles. The van der Waals surface area contributed by atoms with Crippen LogP contribution in [0.15, 0.2) is 47.6 Å². The number of rotatable bonds is 1. The van der Waals surface area contributed by atoms with Gasteiger partial charge in [-0.2, -0.15) is 0 Å². The molecule has 4 rings (SSSR count). The number of primary amides is 1. The van der Waals surface area contributed by atoms with Gasteiger partial charge in [0, 0.05) is 17.1 Å². The largest absolute Gasteiger partial charge is 0.365 e. The summed E-state index contributed by atoms with van der Waals surface area (Å²) >= 11 is 0.